The van der Waals surface area contributed by atoms with Gasteiger partial charge in [-0.3, -0.25) is 10.1 Å². The van der Waals surface area contributed by atoms with E-state index < -0.39 is 14.9 Å². The molecule has 27 heavy (non-hydrogen) atoms. The van der Waals surface area contributed by atoms with Crippen molar-refractivity contribution in [3.05, 3.63) is 28.3 Å². The Kier molecular flexibility index (Phi) is 6.33. The molecule has 1 aromatic rings. The summed E-state index contributed by atoms with van der Waals surface area (Å²) in [5.74, 6) is 0. The Hall–Kier alpha value is -1.71. The zero-order chi connectivity index (χ0) is 19.4. The van der Waals surface area contributed by atoms with Crippen molar-refractivity contribution < 1.29 is 18.1 Å². The summed E-state index contributed by atoms with van der Waals surface area (Å²) >= 11 is 0. The molecule has 3 rings (SSSR count). The van der Waals surface area contributed by atoms with E-state index in [9.17, 15) is 18.5 Å². The minimum Gasteiger partial charge on any atom is -0.375 e. The van der Waals surface area contributed by atoms with Gasteiger partial charge in [-0.15, -0.1) is 0 Å². The quantitative estimate of drug-likeness (QED) is 0.585. The van der Waals surface area contributed by atoms with Gasteiger partial charge in [-0.05, 0) is 44.9 Å². The van der Waals surface area contributed by atoms with Gasteiger partial charge in [0.25, 0.3) is 5.69 Å². The van der Waals surface area contributed by atoms with Crippen LogP contribution >= 0.6 is 0 Å². The van der Waals surface area contributed by atoms with Crippen molar-refractivity contribution in [2.45, 2.75) is 62.0 Å². The zero-order valence-electron chi connectivity index (χ0n) is 15.6. The Bertz CT molecular complexity index is 769. The van der Waals surface area contributed by atoms with Gasteiger partial charge in [-0.2, -0.15) is 0 Å². The van der Waals surface area contributed by atoms with E-state index >= 15 is 0 Å². The van der Waals surface area contributed by atoms with E-state index in [4.69, 9.17) is 4.74 Å². The van der Waals surface area contributed by atoms with Crippen molar-refractivity contribution in [1.82, 2.24) is 4.72 Å². The molecule has 150 valence electrons. The maximum absolute atomic E-state index is 11.9. The topological polar surface area (TPSA) is 102 Å². The predicted molar refractivity (Wildman–Crippen MR) is 103 cm³/mol. The van der Waals surface area contributed by atoms with Crippen molar-refractivity contribution in [2.75, 3.05) is 25.0 Å². The Balaban J connectivity index is 1.69. The van der Waals surface area contributed by atoms with E-state index in [1.807, 2.05) is 4.90 Å². The molecule has 9 heteroatoms. The van der Waals surface area contributed by atoms with Gasteiger partial charge >= 0.3 is 0 Å². The standard InChI is InChI=1S/C18H27N3O5S/c1-19-27(24,25)16-7-8-17(18(13-16)21(22)23)20-11-9-15(10-12-20)26-14-5-3-2-4-6-14/h7-8,13-15,19H,2-6,9-12H2,1H3. The summed E-state index contributed by atoms with van der Waals surface area (Å²) in [7, 11) is -2.44. The molecule has 1 heterocycles. The molecule has 1 saturated heterocycles. The van der Waals surface area contributed by atoms with Crippen LogP contribution in [-0.2, 0) is 14.8 Å². The first-order valence-corrected chi connectivity index (χ1v) is 11.0. The first kappa shape index (κ1) is 20.0. The van der Waals surface area contributed by atoms with Crippen LogP contribution in [0.2, 0.25) is 0 Å². The minimum absolute atomic E-state index is 0.101. The number of nitro groups is 1. The Labute approximate surface area is 160 Å². The highest BCUT2D eigenvalue weighted by Crippen LogP contribution is 2.33. The van der Waals surface area contributed by atoms with E-state index in [-0.39, 0.29) is 16.7 Å². The largest absolute Gasteiger partial charge is 0.375 e. The third-order valence-electron chi connectivity index (χ3n) is 5.44. The molecule has 1 N–H and O–H groups in total. The van der Waals surface area contributed by atoms with Gasteiger partial charge in [0.2, 0.25) is 10.0 Å². The molecule has 0 atom stereocenters. The monoisotopic (exact) mass is 397 g/mol. The number of hydrogen-bond acceptors (Lipinski definition) is 6. The van der Waals surface area contributed by atoms with Gasteiger partial charge in [0.1, 0.15) is 5.69 Å². The van der Waals surface area contributed by atoms with Crippen LogP contribution in [0, 0.1) is 10.1 Å². The fourth-order valence-electron chi connectivity index (χ4n) is 3.91. The van der Waals surface area contributed by atoms with Gasteiger partial charge in [-0.25, -0.2) is 13.1 Å². The molecule has 2 fully saturated rings. The van der Waals surface area contributed by atoms with Crippen LogP contribution in [0.3, 0.4) is 0 Å². The smallest absolute Gasteiger partial charge is 0.293 e. The van der Waals surface area contributed by atoms with Crippen molar-refractivity contribution in [1.29, 1.82) is 0 Å². The van der Waals surface area contributed by atoms with E-state index in [0.717, 1.165) is 31.7 Å². The molecule has 1 saturated carbocycles. The lowest BCUT2D eigenvalue weighted by atomic mass is 9.97. The lowest BCUT2D eigenvalue weighted by Crippen LogP contribution is -2.39. The number of rotatable bonds is 6. The zero-order valence-corrected chi connectivity index (χ0v) is 16.4. The first-order chi connectivity index (χ1) is 12.9. The third kappa shape index (κ3) is 4.77. The summed E-state index contributed by atoms with van der Waals surface area (Å²) in [6.45, 7) is 1.33. The molecule has 1 aromatic carbocycles. The lowest BCUT2D eigenvalue weighted by molar-refractivity contribution is -0.384. The Morgan fingerprint density at radius 3 is 2.33 bits per heavy atom. The van der Waals surface area contributed by atoms with Crippen LogP contribution in [0.25, 0.3) is 0 Å². The summed E-state index contributed by atoms with van der Waals surface area (Å²) in [5, 5.41) is 11.5. The second-order valence-corrected chi connectivity index (χ2v) is 9.08. The molecule has 1 aliphatic heterocycles. The predicted octanol–water partition coefficient (Wildman–Crippen LogP) is 2.82. The number of nitro benzene ring substituents is 1. The Morgan fingerprint density at radius 2 is 1.74 bits per heavy atom. The average Bonchev–Trinajstić information content (AvgIpc) is 2.69. The molecule has 0 bridgehead atoms. The van der Waals surface area contributed by atoms with Crippen molar-refractivity contribution in [3.8, 4) is 0 Å². The van der Waals surface area contributed by atoms with E-state index in [1.165, 1.54) is 38.4 Å². The van der Waals surface area contributed by atoms with Gasteiger partial charge in [0.15, 0.2) is 0 Å². The molecule has 0 radical (unpaired) electrons. The molecule has 0 aromatic heterocycles. The van der Waals surface area contributed by atoms with Gasteiger partial charge < -0.3 is 9.64 Å². The van der Waals surface area contributed by atoms with Crippen LogP contribution in [0.15, 0.2) is 23.1 Å². The Morgan fingerprint density at radius 1 is 1.11 bits per heavy atom. The molecule has 1 aliphatic carbocycles. The maximum Gasteiger partial charge on any atom is 0.293 e. The molecule has 0 amide bonds. The number of benzene rings is 1. The molecule has 0 spiro atoms. The van der Waals surface area contributed by atoms with Crippen LogP contribution in [-0.4, -0.2) is 45.7 Å². The van der Waals surface area contributed by atoms with E-state index in [2.05, 4.69) is 4.72 Å². The molecular weight excluding hydrogens is 370 g/mol. The highest BCUT2D eigenvalue weighted by molar-refractivity contribution is 7.89. The highest BCUT2D eigenvalue weighted by atomic mass is 32.2. The number of sulfonamides is 1. The van der Waals surface area contributed by atoms with Crippen LogP contribution in [0.5, 0.6) is 0 Å². The van der Waals surface area contributed by atoms with Gasteiger partial charge in [0.05, 0.1) is 22.0 Å². The summed E-state index contributed by atoms with van der Waals surface area (Å²) in [4.78, 5) is 12.8. The fraction of sp³-hybridized carbons (Fsp3) is 0.667. The summed E-state index contributed by atoms with van der Waals surface area (Å²) in [5.41, 5.74) is 0.282. The minimum atomic E-state index is -3.72. The van der Waals surface area contributed by atoms with Gasteiger partial charge in [0, 0.05) is 19.2 Å². The average molecular weight is 397 g/mol. The van der Waals surface area contributed by atoms with Crippen molar-refractivity contribution in [3.63, 3.8) is 0 Å². The maximum atomic E-state index is 11.9. The number of hydrogen-bond donors (Lipinski definition) is 1. The van der Waals surface area contributed by atoms with Crippen molar-refractivity contribution >= 4 is 21.4 Å². The number of piperidine rings is 1. The molecule has 2 aliphatic rings. The number of ether oxygens (including phenoxy) is 1. The summed E-state index contributed by atoms with van der Waals surface area (Å²) in [6, 6.07) is 4.08. The number of anilines is 1. The molecule has 8 nitrogen and oxygen atoms in total. The van der Waals surface area contributed by atoms with E-state index in [1.54, 1.807) is 0 Å². The molecule has 0 unspecified atom stereocenters. The molecular formula is C18H27N3O5S. The van der Waals surface area contributed by atoms with Crippen LogP contribution in [0.1, 0.15) is 44.9 Å². The number of nitrogens with zero attached hydrogens (tertiary/aromatic N) is 2. The summed E-state index contributed by atoms with van der Waals surface area (Å²) < 4.78 is 32.3. The van der Waals surface area contributed by atoms with E-state index in [0.29, 0.717) is 24.9 Å². The highest BCUT2D eigenvalue weighted by Gasteiger charge is 2.28. The lowest BCUT2D eigenvalue weighted by Gasteiger charge is -2.35. The summed E-state index contributed by atoms with van der Waals surface area (Å²) in [6.07, 6.45) is 8.23. The second-order valence-electron chi connectivity index (χ2n) is 7.20. The van der Waals surface area contributed by atoms with Crippen LogP contribution in [0.4, 0.5) is 11.4 Å². The second kappa shape index (κ2) is 8.53. The normalized spacial score (nSPS) is 20.0. The SMILES string of the molecule is CNS(=O)(=O)c1ccc(N2CCC(OC3CCCCC3)CC2)c([N+](=O)[O-])c1. The third-order valence-corrected chi connectivity index (χ3v) is 6.85. The number of nitrogens with one attached hydrogen (secondary N) is 1. The fourth-order valence-corrected chi connectivity index (χ4v) is 4.66. The van der Waals surface area contributed by atoms with Crippen molar-refractivity contribution in [2.24, 2.45) is 0 Å². The van der Waals surface area contributed by atoms with Gasteiger partial charge in [-0.1, -0.05) is 19.3 Å². The first-order valence-electron chi connectivity index (χ1n) is 9.53. The van der Waals surface area contributed by atoms with Crippen LogP contribution < -0.4 is 9.62 Å².